The van der Waals surface area contributed by atoms with E-state index in [1.54, 1.807) is 0 Å². The van der Waals surface area contributed by atoms with Crippen molar-refractivity contribution in [2.45, 2.75) is 19.4 Å². The Hall–Kier alpha value is -1.38. The summed E-state index contributed by atoms with van der Waals surface area (Å²) in [6.45, 7) is 0.649. The molecule has 0 atom stereocenters. The van der Waals surface area contributed by atoms with E-state index < -0.39 is 10.1 Å². The molecule has 0 spiro atoms. The minimum absolute atomic E-state index is 0.203. The molecule has 1 N–H and O–H groups in total. The molecule has 0 saturated carbocycles. The van der Waals surface area contributed by atoms with E-state index in [0.717, 1.165) is 5.69 Å². The van der Waals surface area contributed by atoms with Gasteiger partial charge in [-0.3, -0.25) is 4.55 Å². The van der Waals surface area contributed by atoms with E-state index in [4.69, 9.17) is 11.0 Å². The molecule has 0 aliphatic heterocycles. The highest BCUT2D eigenvalue weighted by Crippen LogP contribution is 1.96. The largest absolute Gasteiger partial charge is 0.286 e. The lowest BCUT2D eigenvalue weighted by atomic mass is 10.3. The number of rotatable bonds is 5. The van der Waals surface area contributed by atoms with E-state index in [2.05, 4.69) is 5.92 Å². The van der Waals surface area contributed by atoms with Gasteiger partial charge in [-0.05, 0) is 18.4 Å². The Morgan fingerprint density at radius 3 is 2.75 bits per heavy atom. The molecule has 1 heterocycles. The molecule has 5 heteroatoms. The van der Waals surface area contributed by atoms with Crippen molar-refractivity contribution in [3.05, 3.63) is 30.1 Å². The maximum Gasteiger partial charge on any atom is 0.264 e. The molecule has 0 saturated heterocycles. The number of hydrogen-bond donors (Lipinski definition) is 1. The monoisotopic (exact) mass is 240 g/mol. The maximum atomic E-state index is 10.5. The predicted octanol–water partition coefficient (Wildman–Crippen LogP) is 0.623. The highest BCUT2D eigenvalue weighted by atomic mass is 32.2. The van der Waals surface area contributed by atoms with Gasteiger partial charge in [0.05, 0.1) is 5.75 Å². The number of aromatic nitrogens is 1. The lowest BCUT2D eigenvalue weighted by Crippen LogP contribution is -2.36. The van der Waals surface area contributed by atoms with Crippen LogP contribution in [0.25, 0.3) is 0 Å². The summed E-state index contributed by atoms with van der Waals surface area (Å²) < 4.78 is 31.4. The van der Waals surface area contributed by atoms with Crippen molar-refractivity contribution in [3.63, 3.8) is 0 Å². The Bertz CT molecular complexity index is 488. The number of aryl methyl sites for hydroxylation is 1. The second-order valence-corrected chi connectivity index (χ2v) is 4.99. The molecular formula is C11H14NO3S+. The standard InChI is InChI=1S/C11H13NO3S/c1-2-11-7-3-4-8-12(11)9-5-6-10-16(13,14)15/h1,3-4,7-8H,5-6,9-10H2/p+1. The first-order valence-electron chi connectivity index (χ1n) is 4.93. The van der Waals surface area contributed by atoms with Gasteiger partial charge in [0.15, 0.2) is 6.20 Å². The molecule has 0 aliphatic carbocycles. The zero-order chi connectivity index (χ0) is 12.0. The van der Waals surface area contributed by atoms with Crippen molar-refractivity contribution in [1.29, 1.82) is 0 Å². The Labute approximate surface area is 95.7 Å². The molecule has 1 aromatic rings. The third-order valence-corrected chi connectivity index (χ3v) is 2.94. The average Bonchev–Trinajstić information content (AvgIpc) is 2.23. The van der Waals surface area contributed by atoms with Gasteiger partial charge in [-0.2, -0.15) is 13.0 Å². The molecule has 0 fully saturated rings. The molecule has 0 radical (unpaired) electrons. The molecule has 0 unspecified atom stereocenters. The van der Waals surface area contributed by atoms with Crippen molar-refractivity contribution < 1.29 is 17.5 Å². The fraction of sp³-hybridized carbons (Fsp3) is 0.364. The smallest absolute Gasteiger partial charge is 0.264 e. The Morgan fingerprint density at radius 2 is 2.12 bits per heavy atom. The van der Waals surface area contributed by atoms with E-state index in [9.17, 15) is 8.42 Å². The van der Waals surface area contributed by atoms with Gasteiger partial charge in [0, 0.05) is 18.6 Å². The van der Waals surface area contributed by atoms with Gasteiger partial charge in [0.2, 0.25) is 0 Å². The summed E-state index contributed by atoms with van der Waals surface area (Å²) in [7, 11) is -3.84. The lowest BCUT2D eigenvalue weighted by Gasteiger charge is -1.99. The van der Waals surface area contributed by atoms with Crippen LogP contribution < -0.4 is 4.57 Å². The van der Waals surface area contributed by atoms with Gasteiger partial charge in [-0.1, -0.05) is 0 Å². The van der Waals surface area contributed by atoms with E-state index in [1.807, 2.05) is 29.0 Å². The molecule has 86 valence electrons. The first-order valence-corrected chi connectivity index (χ1v) is 6.54. The number of pyridine rings is 1. The number of unbranched alkanes of at least 4 members (excludes halogenated alkanes) is 1. The first-order chi connectivity index (χ1) is 7.53. The van der Waals surface area contributed by atoms with E-state index >= 15 is 0 Å². The van der Waals surface area contributed by atoms with Crippen molar-refractivity contribution >= 4 is 10.1 Å². The number of nitrogens with zero attached hydrogens (tertiary/aromatic N) is 1. The van der Waals surface area contributed by atoms with Gasteiger partial charge in [-0.25, -0.2) is 0 Å². The average molecular weight is 240 g/mol. The summed E-state index contributed by atoms with van der Waals surface area (Å²) in [6.07, 6.45) is 8.24. The van der Waals surface area contributed by atoms with Crippen LogP contribution in [-0.2, 0) is 16.7 Å². The van der Waals surface area contributed by atoms with E-state index in [1.165, 1.54) is 0 Å². The van der Waals surface area contributed by atoms with Crippen molar-refractivity contribution in [3.8, 4) is 12.3 Å². The van der Waals surface area contributed by atoms with Crippen LogP contribution in [0.1, 0.15) is 18.5 Å². The molecule has 1 aromatic heterocycles. The normalized spacial score (nSPS) is 11.0. The molecule has 16 heavy (non-hydrogen) atoms. The van der Waals surface area contributed by atoms with Gasteiger partial charge >= 0.3 is 0 Å². The van der Waals surface area contributed by atoms with Gasteiger partial charge < -0.3 is 0 Å². The van der Waals surface area contributed by atoms with Gasteiger partial charge in [0.1, 0.15) is 6.54 Å². The highest BCUT2D eigenvalue weighted by Gasteiger charge is 2.08. The van der Waals surface area contributed by atoms with E-state index in [-0.39, 0.29) is 5.75 Å². The molecule has 0 amide bonds. The predicted molar refractivity (Wildman–Crippen MR) is 60.2 cm³/mol. The second-order valence-electron chi connectivity index (χ2n) is 3.42. The molecular weight excluding hydrogens is 226 g/mol. The summed E-state index contributed by atoms with van der Waals surface area (Å²) in [4.78, 5) is 0. The third kappa shape index (κ3) is 4.43. The highest BCUT2D eigenvalue weighted by molar-refractivity contribution is 7.85. The summed E-state index contributed by atoms with van der Waals surface area (Å²) in [6, 6.07) is 5.54. The maximum absolute atomic E-state index is 10.5. The van der Waals surface area contributed by atoms with Crippen molar-refractivity contribution in [2.24, 2.45) is 0 Å². The lowest BCUT2D eigenvalue weighted by molar-refractivity contribution is -0.699. The molecule has 4 nitrogen and oxygen atoms in total. The van der Waals surface area contributed by atoms with Crippen LogP contribution in [0.5, 0.6) is 0 Å². The Morgan fingerprint density at radius 1 is 1.38 bits per heavy atom. The topological polar surface area (TPSA) is 58.2 Å². The van der Waals surface area contributed by atoms with Crippen LogP contribution in [0.3, 0.4) is 0 Å². The van der Waals surface area contributed by atoms with Crippen LogP contribution in [0.2, 0.25) is 0 Å². The fourth-order valence-corrected chi connectivity index (χ4v) is 1.94. The van der Waals surface area contributed by atoms with Gasteiger partial charge in [0.25, 0.3) is 15.8 Å². The quantitative estimate of drug-likeness (QED) is 0.355. The zero-order valence-corrected chi connectivity index (χ0v) is 9.65. The number of hydrogen-bond acceptors (Lipinski definition) is 2. The summed E-state index contributed by atoms with van der Waals surface area (Å²) in [5.41, 5.74) is 0.759. The Kier molecular flexibility index (Phi) is 4.47. The van der Waals surface area contributed by atoms with Gasteiger partial charge in [-0.15, -0.1) is 6.42 Å². The summed E-state index contributed by atoms with van der Waals surface area (Å²) in [5.74, 6) is 2.35. The molecule has 0 aromatic carbocycles. The molecule has 1 rings (SSSR count). The minimum atomic E-state index is -3.84. The second kappa shape index (κ2) is 5.64. The van der Waals surface area contributed by atoms with Crippen LogP contribution >= 0.6 is 0 Å². The zero-order valence-electron chi connectivity index (χ0n) is 8.83. The van der Waals surface area contributed by atoms with Crippen LogP contribution in [0.15, 0.2) is 24.4 Å². The van der Waals surface area contributed by atoms with Crippen LogP contribution in [0, 0.1) is 12.3 Å². The summed E-state index contributed by atoms with van der Waals surface area (Å²) >= 11 is 0. The summed E-state index contributed by atoms with van der Waals surface area (Å²) in [5, 5.41) is 0. The van der Waals surface area contributed by atoms with Crippen LogP contribution in [-0.4, -0.2) is 18.7 Å². The fourth-order valence-electron chi connectivity index (χ4n) is 1.37. The molecule has 0 aliphatic rings. The van der Waals surface area contributed by atoms with Crippen LogP contribution in [0.4, 0.5) is 0 Å². The SMILES string of the molecule is C#Cc1cccc[n+]1CCCCS(=O)(=O)O. The van der Waals surface area contributed by atoms with E-state index in [0.29, 0.717) is 19.4 Å². The van der Waals surface area contributed by atoms with Crippen molar-refractivity contribution in [2.75, 3.05) is 5.75 Å². The third-order valence-electron chi connectivity index (χ3n) is 2.14. The molecule has 0 bridgehead atoms. The minimum Gasteiger partial charge on any atom is -0.286 e. The van der Waals surface area contributed by atoms with Crippen molar-refractivity contribution in [1.82, 2.24) is 0 Å². The Balaban J connectivity index is 2.47. The first kappa shape index (κ1) is 12.7. The number of terminal acetylenes is 1.